The van der Waals surface area contributed by atoms with Crippen molar-refractivity contribution < 1.29 is 28.6 Å². The van der Waals surface area contributed by atoms with E-state index in [0.717, 1.165) is 57.8 Å². The van der Waals surface area contributed by atoms with Crippen molar-refractivity contribution in [3.05, 3.63) is 12.2 Å². The Hall–Kier alpha value is -1.85. The van der Waals surface area contributed by atoms with E-state index in [9.17, 15) is 14.4 Å². The fourth-order valence-electron chi connectivity index (χ4n) is 9.21. The number of carbonyl (C=O) groups is 3. The van der Waals surface area contributed by atoms with E-state index in [0.29, 0.717) is 19.3 Å². The molecule has 0 aromatic carbocycles. The molecule has 0 aliphatic heterocycles. The van der Waals surface area contributed by atoms with Crippen LogP contribution in [0.2, 0.25) is 0 Å². The predicted molar refractivity (Wildman–Crippen MR) is 289 cm³/mol. The van der Waals surface area contributed by atoms with E-state index in [4.69, 9.17) is 14.2 Å². The van der Waals surface area contributed by atoms with Crippen LogP contribution in [-0.4, -0.2) is 37.2 Å². The van der Waals surface area contributed by atoms with Crippen LogP contribution >= 0.6 is 0 Å². The predicted octanol–water partition coefficient (Wildman–Crippen LogP) is 20.1. The van der Waals surface area contributed by atoms with Gasteiger partial charge in [-0.3, -0.25) is 14.4 Å². The minimum Gasteiger partial charge on any atom is -0.462 e. The Balaban J connectivity index is 4.31. The Kier molecular flexibility index (Phi) is 55.2. The van der Waals surface area contributed by atoms with Crippen molar-refractivity contribution in [2.45, 2.75) is 348 Å². The van der Waals surface area contributed by atoms with Gasteiger partial charge in [-0.15, -0.1) is 0 Å². The van der Waals surface area contributed by atoms with Crippen LogP contribution in [-0.2, 0) is 28.6 Å². The van der Waals surface area contributed by atoms with E-state index in [1.165, 1.54) is 244 Å². The average Bonchev–Trinajstić information content (AvgIpc) is 3.33. The third kappa shape index (κ3) is 55.0. The summed E-state index contributed by atoms with van der Waals surface area (Å²) < 4.78 is 16.9. The number of allylic oxidation sites excluding steroid dienone is 2. The summed E-state index contributed by atoms with van der Waals surface area (Å²) >= 11 is 0. The molecule has 0 amide bonds. The van der Waals surface area contributed by atoms with E-state index in [1.54, 1.807) is 0 Å². The highest BCUT2D eigenvalue weighted by atomic mass is 16.6. The lowest BCUT2D eigenvalue weighted by Crippen LogP contribution is -2.30. The first-order valence-corrected chi connectivity index (χ1v) is 30.2. The zero-order chi connectivity index (χ0) is 48.6. The molecule has 0 unspecified atom stereocenters. The number of rotatable bonds is 56. The molecule has 0 heterocycles. The lowest BCUT2D eigenvalue weighted by Gasteiger charge is -2.18. The molecule has 0 aromatic heterocycles. The highest BCUT2D eigenvalue weighted by molar-refractivity contribution is 5.71. The Morgan fingerprint density at radius 2 is 0.493 bits per heavy atom. The molecule has 0 spiro atoms. The van der Waals surface area contributed by atoms with Crippen molar-refractivity contribution in [1.82, 2.24) is 0 Å². The van der Waals surface area contributed by atoms with E-state index in [-0.39, 0.29) is 31.1 Å². The van der Waals surface area contributed by atoms with Crippen molar-refractivity contribution in [2.75, 3.05) is 13.2 Å². The number of ether oxygens (including phenoxy) is 3. The summed E-state index contributed by atoms with van der Waals surface area (Å²) in [6.45, 7) is 6.70. The van der Waals surface area contributed by atoms with Gasteiger partial charge in [-0.25, -0.2) is 0 Å². The maximum absolute atomic E-state index is 12.9. The molecule has 0 aliphatic rings. The van der Waals surface area contributed by atoms with Crippen LogP contribution in [0.25, 0.3) is 0 Å². The molecule has 0 N–H and O–H groups in total. The fourth-order valence-corrected chi connectivity index (χ4v) is 9.21. The van der Waals surface area contributed by atoms with Gasteiger partial charge in [0.15, 0.2) is 6.10 Å². The third-order valence-corrected chi connectivity index (χ3v) is 13.8. The first-order chi connectivity index (χ1) is 33.0. The highest BCUT2D eigenvalue weighted by Crippen LogP contribution is 2.17. The fraction of sp³-hybridized carbons (Fsp3) is 0.918. The van der Waals surface area contributed by atoms with Gasteiger partial charge in [0.05, 0.1) is 0 Å². The molecule has 0 bridgehead atoms. The van der Waals surface area contributed by atoms with Gasteiger partial charge in [-0.1, -0.05) is 290 Å². The largest absolute Gasteiger partial charge is 0.462 e. The second-order valence-electron chi connectivity index (χ2n) is 20.6. The van der Waals surface area contributed by atoms with Crippen molar-refractivity contribution in [3.8, 4) is 0 Å². The molecule has 67 heavy (non-hydrogen) atoms. The number of esters is 3. The van der Waals surface area contributed by atoms with Crippen LogP contribution in [0, 0.1) is 0 Å². The maximum Gasteiger partial charge on any atom is 0.306 e. The zero-order valence-corrected chi connectivity index (χ0v) is 45.5. The summed E-state index contributed by atoms with van der Waals surface area (Å²) in [5.41, 5.74) is 0. The molecule has 0 aliphatic carbocycles. The number of carbonyl (C=O) groups excluding carboxylic acids is 3. The molecule has 0 aromatic rings. The molecular formula is C61H116O6. The van der Waals surface area contributed by atoms with E-state index in [1.807, 2.05) is 0 Å². The average molecular weight is 946 g/mol. The van der Waals surface area contributed by atoms with Crippen LogP contribution in [0.4, 0.5) is 0 Å². The molecule has 0 fully saturated rings. The van der Waals surface area contributed by atoms with Crippen LogP contribution in [0.1, 0.15) is 342 Å². The lowest BCUT2D eigenvalue weighted by molar-refractivity contribution is -0.167. The van der Waals surface area contributed by atoms with Crippen LogP contribution in [0.15, 0.2) is 12.2 Å². The molecule has 0 saturated carbocycles. The molecular weight excluding hydrogens is 829 g/mol. The standard InChI is InChI=1S/C61H116O6/c1-4-7-10-13-16-19-22-25-28-31-34-36-39-42-45-48-51-54-60(63)66-57-58(67-61(64)55-52-49-46-43-40-37-33-30-27-24-21-18-15-12-9-6-3)56-65-59(62)53-50-47-44-41-38-35-32-29-26-23-20-17-14-11-8-5-2/h25,28,58H,4-24,26-27,29-57H2,1-3H3/b28-25+/t58-/m1/s1. The molecule has 1 atom stereocenters. The highest BCUT2D eigenvalue weighted by Gasteiger charge is 2.19. The quantitative estimate of drug-likeness (QED) is 0.0262. The van der Waals surface area contributed by atoms with E-state index >= 15 is 0 Å². The Morgan fingerprint density at radius 1 is 0.284 bits per heavy atom. The SMILES string of the molecule is CCCCCCCC/C=C/CCCCCCCCCC(=O)OC[C@@H](COC(=O)CCCCCCCCCCCCCCCCCC)OC(=O)CCCCCCCCCCCCCCCCCC. The van der Waals surface area contributed by atoms with Gasteiger partial charge in [-0.2, -0.15) is 0 Å². The van der Waals surface area contributed by atoms with Gasteiger partial charge in [0, 0.05) is 19.3 Å². The van der Waals surface area contributed by atoms with Crippen molar-refractivity contribution in [2.24, 2.45) is 0 Å². The number of hydrogen-bond acceptors (Lipinski definition) is 6. The molecule has 396 valence electrons. The summed E-state index contributed by atoms with van der Waals surface area (Å²) in [6, 6.07) is 0. The van der Waals surface area contributed by atoms with Crippen molar-refractivity contribution in [1.29, 1.82) is 0 Å². The molecule has 6 heteroatoms. The second-order valence-corrected chi connectivity index (χ2v) is 20.6. The minimum atomic E-state index is -0.766. The number of unbranched alkanes of at least 4 members (excludes halogenated alkanes) is 43. The lowest BCUT2D eigenvalue weighted by atomic mass is 10.0. The van der Waals surface area contributed by atoms with Gasteiger partial charge in [0.1, 0.15) is 13.2 Å². The third-order valence-electron chi connectivity index (χ3n) is 13.8. The first kappa shape index (κ1) is 65.1. The molecule has 6 nitrogen and oxygen atoms in total. The van der Waals surface area contributed by atoms with Gasteiger partial charge in [-0.05, 0) is 44.9 Å². The second kappa shape index (κ2) is 56.7. The number of hydrogen-bond donors (Lipinski definition) is 0. The van der Waals surface area contributed by atoms with Crippen LogP contribution in [0.5, 0.6) is 0 Å². The summed E-state index contributed by atoms with van der Waals surface area (Å²) in [5, 5.41) is 0. The summed E-state index contributed by atoms with van der Waals surface area (Å²) in [4.78, 5) is 38.2. The Morgan fingerprint density at radius 3 is 0.746 bits per heavy atom. The van der Waals surface area contributed by atoms with E-state index < -0.39 is 6.10 Å². The molecule has 0 rings (SSSR count). The zero-order valence-electron chi connectivity index (χ0n) is 45.5. The minimum absolute atomic E-state index is 0.0649. The topological polar surface area (TPSA) is 78.9 Å². The van der Waals surface area contributed by atoms with Crippen molar-refractivity contribution >= 4 is 17.9 Å². The van der Waals surface area contributed by atoms with E-state index in [2.05, 4.69) is 32.9 Å². The monoisotopic (exact) mass is 945 g/mol. The Bertz CT molecular complexity index is 1040. The normalized spacial score (nSPS) is 12.0. The van der Waals surface area contributed by atoms with Crippen LogP contribution in [0.3, 0.4) is 0 Å². The summed E-state index contributed by atoms with van der Waals surface area (Å²) in [7, 11) is 0. The van der Waals surface area contributed by atoms with Gasteiger partial charge in [0.2, 0.25) is 0 Å². The summed E-state index contributed by atoms with van der Waals surface area (Å²) in [6.07, 6.45) is 64.9. The van der Waals surface area contributed by atoms with Gasteiger partial charge >= 0.3 is 17.9 Å². The van der Waals surface area contributed by atoms with Gasteiger partial charge in [0.25, 0.3) is 0 Å². The maximum atomic E-state index is 12.9. The molecule has 0 radical (unpaired) electrons. The molecule has 0 saturated heterocycles. The van der Waals surface area contributed by atoms with Gasteiger partial charge < -0.3 is 14.2 Å². The smallest absolute Gasteiger partial charge is 0.306 e. The Labute approximate surface area is 418 Å². The van der Waals surface area contributed by atoms with Crippen molar-refractivity contribution in [3.63, 3.8) is 0 Å². The van der Waals surface area contributed by atoms with Crippen LogP contribution < -0.4 is 0 Å². The summed E-state index contributed by atoms with van der Waals surface area (Å²) in [5.74, 6) is -0.842. The first-order valence-electron chi connectivity index (χ1n) is 30.2.